The van der Waals surface area contributed by atoms with E-state index in [-0.39, 0.29) is 29.6 Å². The van der Waals surface area contributed by atoms with Crippen molar-refractivity contribution in [2.75, 3.05) is 44.6 Å². The van der Waals surface area contributed by atoms with E-state index in [2.05, 4.69) is 5.32 Å². The molecule has 0 radical (unpaired) electrons. The molecule has 2 aliphatic rings. The fourth-order valence-corrected chi connectivity index (χ4v) is 5.62. The fourth-order valence-electron chi connectivity index (χ4n) is 3.95. The number of nitrogens with zero attached hydrogens (tertiary/aromatic N) is 2. The van der Waals surface area contributed by atoms with E-state index >= 15 is 0 Å². The summed E-state index contributed by atoms with van der Waals surface area (Å²) >= 11 is 0. The number of carbonyl (C=O) groups excluding carboxylic acids is 1. The molecule has 29 heavy (non-hydrogen) atoms. The summed E-state index contributed by atoms with van der Waals surface area (Å²) in [6, 6.07) is 4.79. The molecule has 0 aliphatic carbocycles. The Bertz CT molecular complexity index is 813. The molecule has 8 nitrogen and oxygen atoms in total. The highest BCUT2D eigenvalue weighted by molar-refractivity contribution is 7.89. The monoisotopic (exact) mass is 425 g/mol. The van der Waals surface area contributed by atoms with Crippen molar-refractivity contribution in [2.24, 2.45) is 0 Å². The Morgan fingerprint density at radius 2 is 1.86 bits per heavy atom. The second-order valence-electron chi connectivity index (χ2n) is 7.71. The van der Waals surface area contributed by atoms with Crippen LogP contribution in [0.25, 0.3) is 0 Å². The number of ether oxygens (including phenoxy) is 2. The molecule has 2 fully saturated rings. The first-order valence-electron chi connectivity index (χ1n) is 10.2. The molecular formula is C20H31N3O5S. The molecule has 0 saturated carbocycles. The number of rotatable bonds is 7. The number of anilines is 1. The van der Waals surface area contributed by atoms with E-state index in [1.807, 2.05) is 25.7 Å². The number of hydrogen-bond acceptors (Lipinski definition) is 6. The molecule has 2 aliphatic heterocycles. The fraction of sp³-hybridized carbons (Fsp3) is 0.650. The summed E-state index contributed by atoms with van der Waals surface area (Å²) in [5.74, 6) is 0.133. The predicted octanol–water partition coefficient (Wildman–Crippen LogP) is 1.92. The first kappa shape index (κ1) is 22.0. The lowest BCUT2D eigenvalue weighted by Gasteiger charge is -2.34. The summed E-state index contributed by atoms with van der Waals surface area (Å²) in [6.07, 6.45) is 1.87. The van der Waals surface area contributed by atoms with Crippen molar-refractivity contribution in [1.82, 2.24) is 9.21 Å². The lowest BCUT2D eigenvalue weighted by molar-refractivity contribution is -0.121. The average Bonchev–Trinajstić information content (AvgIpc) is 3.17. The van der Waals surface area contributed by atoms with Crippen LogP contribution >= 0.6 is 0 Å². The number of nitrogens with one attached hydrogen (secondary N) is 1. The molecule has 1 aromatic carbocycles. The molecule has 2 heterocycles. The second kappa shape index (κ2) is 9.42. The van der Waals surface area contributed by atoms with Gasteiger partial charge in [-0.3, -0.25) is 9.69 Å². The SMILES string of the molecule is CCOc1ccc(NC(=O)CN2C[C@@H](C)O[C@H](C)C2)cc1S(=O)(=O)N1CCCC1. The van der Waals surface area contributed by atoms with Crippen LogP contribution in [0, 0.1) is 0 Å². The van der Waals surface area contributed by atoms with Gasteiger partial charge >= 0.3 is 0 Å². The van der Waals surface area contributed by atoms with E-state index in [1.54, 1.807) is 12.1 Å². The zero-order valence-electron chi connectivity index (χ0n) is 17.4. The van der Waals surface area contributed by atoms with Crippen LogP contribution in [-0.4, -0.2) is 75.1 Å². The van der Waals surface area contributed by atoms with Crippen molar-refractivity contribution in [1.29, 1.82) is 0 Å². The van der Waals surface area contributed by atoms with Gasteiger partial charge in [0.05, 0.1) is 25.4 Å². The van der Waals surface area contributed by atoms with Crippen LogP contribution in [0.4, 0.5) is 5.69 Å². The predicted molar refractivity (Wildman–Crippen MR) is 111 cm³/mol. The quantitative estimate of drug-likeness (QED) is 0.718. The van der Waals surface area contributed by atoms with Crippen LogP contribution in [0.15, 0.2) is 23.1 Å². The van der Waals surface area contributed by atoms with Crippen LogP contribution < -0.4 is 10.1 Å². The topological polar surface area (TPSA) is 88.2 Å². The maximum atomic E-state index is 13.1. The third-order valence-corrected chi connectivity index (χ3v) is 6.99. The smallest absolute Gasteiger partial charge is 0.246 e. The molecule has 9 heteroatoms. The number of amides is 1. The molecule has 1 amide bonds. The first-order valence-corrected chi connectivity index (χ1v) is 11.7. The minimum absolute atomic E-state index is 0.0780. The Kier molecular flexibility index (Phi) is 7.15. The Hall–Kier alpha value is -1.68. The minimum Gasteiger partial charge on any atom is -0.492 e. The van der Waals surface area contributed by atoms with Gasteiger partial charge in [0.25, 0.3) is 0 Å². The maximum absolute atomic E-state index is 13.1. The molecule has 2 atom stereocenters. The highest BCUT2D eigenvalue weighted by atomic mass is 32.2. The minimum atomic E-state index is -3.66. The van der Waals surface area contributed by atoms with Gasteiger partial charge in [0, 0.05) is 31.9 Å². The standard InChI is InChI=1S/C20H31N3O5S/c1-4-27-18-8-7-17(11-19(18)29(25,26)23-9-5-6-10-23)21-20(24)14-22-12-15(2)28-16(3)13-22/h7-8,11,15-16H,4-6,9-10,12-14H2,1-3H3,(H,21,24)/t15-,16-/m1/s1. The van der Waals surface area contributed by atoms with Gasteiger partial charge in [-0.05, 0) is 51.8 Å². The Labute approximate surface area is 173 Å². The molecule has 162 valence electrons. The van der Waals surface area contributed by atoms with E-state index in [4.69, 9.17) is 9.47 Å². The molecule has 0 aromatic heterocycles. The summed E-state index contributed by atoms with van der Waals surface area (Å²) in [7, 11) is -3.66. The lowest BCUT2D eigenvalue weighted by atomic mass is 10.2. The number of sulfonamides is 1. The normalized spacial score (nSPS) is 23.8. The van der Waals surface area contributed by atoms with Crippen molar-refractivity contribution in [3.8, 4) is 5.75 Å². The van der Waals surface area contributed by atoms with Crippen LogP contribution in [0.2, 0.25) is 0 Å². The molecule has 1 aromatic rings. The van der Waals surface area contributed by atoms with Crippen molar-refractivity contribution in [3.63, 3.8) is 0 Å². The van der Waals surface area contributed by atoms with Crippen LogP contribution in [-0.2, 0) is 19.6 Å². The Morgan fingerprint density at radius 1 is 1.21 bits per heavy atom. The van der Waals surface area contributed by atoms with Gasteiger partial charge in [-0.1, -0.05) is 0 Å². The molecule has 2 saturated heterocycles. The Morgan fingerprint density at radius 3 is 2.48 bits per heavy atom. The van der Waals surface area contributed by atoms with Gasteiger partial charge in [0.2, 0.25) is 15.9 Å². The van der Waals surface area contributed by atoms with Crippen LogP contribution in [0.1, 0.15) is 33.6 Å². The van der Waals surface area contributed by atoms with Crippen molar-refractivity contribution >= 4 is 21.6 Å². The summed E-state index contributed by atoms with van der Waals surface area (Å²) in [6.45, 7) is 8.79. The van der Waals surface area contributed by atoms with Gasteiger partial charge in [-0.2, -0.15) is 4.31 Å². The lowest BCUT2D eigenvalue weighted by Crippen LogP contribution is -2.48. The summed E-state index contributed by atoms with van der Waals surface area (Å²) in [4.78, 5) is 14.7. The number of carbonyl (C=O) groups is 1. The van der Waals surface area contributed by atoms with Gasteiger partial charge in [0.15, 0.2) is 0 Å². The van der Waals surface area contributed by atoms with E-state index in [9.17, 15) is 13.2 Å². The third-order valence-electron chi connectivity index (χ3n) is 5.07. The zero-order chi connectivity index (χ0) is 21.0. The van der Waals surface area contributed by atoms with Crippen LogP contribution in [0.5, 0.6) is 5.75 Å². The second-order valence-corrected chi connectivity index (χ2v) is 9.61. The van der Waals surface area contributed by atoms with E-state index < -0.39 is 10.0 Å². The van der Waals surface area contributed by atoms with Crippen LogP contribution in [0.3, 0.4) is 0 Å². The van der Waals surface area contributed by atoms with Gasteiger partial charge < -0.3 is 14.8 Å². The summed E-state index contributed by atoms with van der Waals surface area (Å²) in [5, 5.41) is 2.83. The molecule has 3 rings (SSSR count). The van der Waals surface area contributed by atoms with Crippen molar-refractivity contribution in [2.45, 2.75) is 50.7 Å². The molecule has 0 bridgehead atoms. The third kappa shape index (κ3) is 5.48. The largest absolute Gasteiger partial charge is 0.492 e. The number of hydrogen-bond donors (Lipinski definition) is 1. The van der Waals surface area contributed by atoms with Gasteiger partial charge in [-0.25, -0.2) is 8.42 Å². The molecular weight excluding hydrogens is 394 g/mol. The van der Waals surface area contributed by atoms with Gasteiger partial charge in [-0.15, -0.1) is 0 Å². The van der Waals surface area contributed by atoms with Crippen molar-refractivity contribution in [3.05, 3.63) is 18.2 Å². The van der Waals surface area contributed by atoms with Gasteiger partial charge in [0.1, 0.15) is 10.6 Å². The average molecular weight is 426 g/mol. The molecule has 1 N–H and O–H groups in total. The van der Waals surface area contributed by atoms with Crippen molar-refractivity contribution < 1.29 is 22.7 Å². The maximum Gasteiger partial charge on any atom is 0.246 e. The van der Waals surface area contributed by atoms with E-state index in [0.717, 1.165) is 12.8 Å². The zero-order valence-corrected chi connectivity index (χ0v) is 18.2. The van der Waals surface area contributed by atoms with E-state index in [1.165, 1.54) is 10.4 Å². The highest BCUT2D eigenvalue weighted by Crippen LogP contribution is 2.31. The number of benzene rings is 1. The van der Waals surface area contributed by atoms with E-state index in [0.29, 0.717) is 44.2 Å². The highest BCUT2D eigenvalue weighted by Gasteiger charge is 2.30. The first-order chi connectivity index (χ1) is 13.8. The molecule has 0 spiro atoms. The number of morpholine rings is 1. The Balaban J connectivity index is 1.75. The molecule has 0 unspecified atom stereocenters. The summed E-state index contributed by atoms with van der Waals surface area (Å²) in [5.41, 5.74) is 0.450. The summed E-state index contributed by atoms with van der Waals surface area (Å²) < 4.78 is 38.9.